The van der Waals surface area contributed by atoms with E-state index in [1.54, 1.807) is 12.3 Å². The van der Waals surface area contributed by atoms with Crippen LogP contribution in [0.3, 0.4) is 0 Å². The minimum absolute atomic E-state index is 0.0437. The van der Waals surface area contributed by atoms with Gasteiger partial charge in [-0.3, -0.25) is 9.97 Å². The zero-order chi connectivity index (χ0) is 10.7. The quantitative estimate of drug-likeness (QED) is 0.793. The van der Waals surface area contributed by atoms with Gasteiger partial charge in [0.2, 0.25) is 0 Å². The Bertz CT molecular complexity index is 475. The van der Waals surface area contributed by atoms with Crippen LogP contribution in [0.2, 0.25) is 0 Å². The molecule has 2 N–H and O–H groups in total. The number of anilines is 1. The van der Waals surface area contributed by atoms with Gasteiger partial charge < -0.3 is 10.4 Å². The van der Waals surface area contributed by atoms with Gasteiger partial charge in [0, 0.05) is 25.0 Å². The maximum absolute atomic E-state index is 13.4. The first-order valence-electron chi connectivity index (χ1n) is 4.56. The predicted molar refractivity (Wildman–Crippen MR) is 55.1 cm³/mol. The van der Waals surface area contributed by atoms with Crippen LogP contribution in [0.15, 0.2) is 24.5 Å². The monoisotopic (exact) mass is 207 g/mol. The van der Waals surface area contributed by atoms with Gasteiger partial charge in [-0.2, -0.15) is 0 Å². The highest BCUT2D eigenvalue weighted by Gasteiger charge is 2.04. The van der Waals surface area contributed by atoms with Gasteiger partial charge in [0.05, 0.1) is 23.3 Å². The van der Waals surface area contributed by atoms with E-state index in [0.717, 1.165) is 0 Å². The van der Waals surface area contributed by atoms with Gasteiger partial charge in [0.1, 0.15) is 5.82 Å². The van der Waals surface area contributed by atoms with E-state index in [0.29, 0.717) is 23.3 Å². The summed E-state index contributed by atoms with van der Waals surface area (Å²) in [4.78, 5) is 8.04. The molecule has 2 rings (SSSR count). The first-order chi connectivity index (χ1) is 7.31. The molecule has 1 aromatic heterocycles. The summed E-state index contributed by atoms with van der Waals surface area (Å²) in [6.07, 6.45) is 3.07. The zero-order valence-electron chi connectivity index (χ0n) is 7.94. The van der Waals surface area contributed by atoms with Gasteiger partial charge in [0.25, 0.3) is 0 Å². The third-order valence-electron chi connectivity index (χ3n) is 1.99. The number of fused-ring (bicyclic) bond motifs is 1. The molecule has 0 aliphatic carbocycles. The van der Waals surface area contributed by atoms with E-state index in [1.807, 2.05) is 0 Å². The van der Waals surface area contributed by atoms with E-state index in [1.165, 1.54) is 12.3 Å². The highest BCUT2D eigenvalue weighted by Crippen LogP contribution is 2.19. The molecular weight excluding hydrogens is 197 g/mol. The number of aromatic nitrogens is 2. The lowest BCUT2D eigenvalue weighted by molar-refractivity contribution is 0.311. The number of nitrogens with one attached hydrogen (secondary N) is 1. The van der Waals surface area contributed by atoms with Crippen molar-refractivity contribution in [3.8, 4) is 0 Å². The van der Waals surface area contributed by atoms with E-state index < -0.39 is 5.82 Å². The van der Waals surface area contributed by atoms with Crippen molar-refractivity contribution in [1.29, 1.82) is 0 Å². The minimum atomic E-state index is -0.392. The minimum Gasteiger partial charge on any atom is -0.395 e. The van der Waals surface area contributed by atoms with Crippen LogP contribution in [0.1, 0.15) is 0 Å². The summed E-state index contributed by atoms with van der Waals surface area (Å²) in [6.45, 7) is 0.265. The fraction of sp³-hybridized carbons (Fsp3) is 0.200. The van der Waals surface area contributed by atoms with Gasteiger partial charge >= 0.3 is 0 Å². The number of hydrogen-bond donors (Lipinski definition) is 2. The topological polar surface area (TPSA) is 58.0 Å². The predicted octanol–water partition coefficient (Wildman–Crippen LogP) is 1.17. The molecule has 1 aromatic carbocycles. The molecule has 0 atom stereocenters. The second-order valence-electron chi connectivity index (χ2n) is 3.03. The largest absolute Gasteiger partial charge is 0.395 e. The Morgan fingerprint density at radius 1 is 1.20 bits per heavy atom. The number of hydrogen-bond acceptors (Lipinski definition) is 4. The molecule has 0 aliphatic rings. The molecule has 15 heavy (non-hydrogen) atoms. The van der Waals surface area contributed by atoms with Crippen LogP contribution in [0.5, 0.6) is 0 Å². The molecular formula is C10H10FN3O. The van der Waals surface area contributed by atoms with Crippen LogP contribution in [0, 0.1) is 5.82 Å². The van der Waals surface area contributed by atoms with Gasteiger partial charge in [-0.25, -0.2) is 4.39 Å². The second kappa shape index (κ2) is 4.18. The Morgan fingerprint density at radius 2 is 1.87 bits per heavy atom. The molecule has 1 heterocycles. The maximum Gasteiger partial charge on any atom is 0.148 e. The highest BCUT2D eigenvalue weighted by molar-refractivity contribution is 5.78. The van der Waals surface area contributed by atoms with Crippen molar-refractivity contribution in [1.82, 2.24) is 9.97 Å². The first-order valence-corrected chi connectivity index (χ1v) is 4.56. The maximum atomic E-state index is 13.4. The second-order valence-corrected chi connectivity index (χ2v) is 3.03. The number of aliphatic hydroxyl groups is 1. The van der Waals surface area contributed by atoms with E-state index >= 15 is 0 Å². The number of benzene rings is 1. The molecule has 0 saturated heterocycles. The van der Waals surface area contributed by atoms with E-state index in [-0.39, 0.29) is 6.61 Å². The van der Waals surface area contributed by atoms with Crippen LogP contribution in [-0.4, -0.2) is 28.2 Å². The highest BCUT2D eigenvalue weighted by atomic mass is 19.1. The number of nitrogens with zero attached hydrogens (tertiary/aromatic N) is 2. The third kappa shape index (κ3) is 2.02. The van der Waals surface area contributed by atoms with Crippen molar-refractivity contribution in [3.05, 3.63) is 30.3 Å². The van der Waals surface area contributed by atoms with Gasteiger partial charge in [-0.15, -0.1) is 0 Å². The third-order valence-corrected chi connectivity index (χ3v) is 1.99. The molecule has 0 radical (unpaired) electrons. The van der Waals surface area contributed by atoms with Crippen LogP contribution < -0.4 is 5.32 Å². The van der Waals surface area contributed by atoms with Crippen molar-refractivity contribution >= 4 is 16.7 Å². The van der Waals surface area contributed by atoms with Crippen molar-refractivity contribution in [2.24, 2.45) is 0 Å². The van der Waals surface area contributed by atoms with Gasteiger partial charge in [-0.1, -0.05) is 0 Å². The fourth-order valence-corrected chi connectivity index (χ4v) is 1.31. The zero-order valence-corrected chi connectivity index (χ0v) is 7.94. The van der Waals surface area contributed by atoms with Crippen LogP contribution in [0.4, 0.5) is 10.1 Å². The van der Waals surface area contributed by atoms with Crippen molar-refractivity contribution < 1.29 is 9.50 Å². The molecule has 0 aliphatic heterocycles. The molecule has 2 aromatic rings. The molecule has 0 spiro atoms. The Labute approximate surface area is 85.8 Å². The average Bonchev–Trinajstić information content (AvgIpc) is 2.26. The SMILES string of the molecule is OCCNc1cc2nccnc2cc1F. The Balaban J connectivity index is 2.43. The molecule has 0 saturated carbocycles. The number of rotatable bonds is 3. The fourth-order valence-electron chi connectivity index (χ4n) is 1.31. The molecule has 0 unspecified atom stereocenters. The van der Waals surface area contributed by atoms with Crippen LogP contribution >= 0.6 is 0 Å². The van der Waals surface area contributed by atoms with Gasteiger partial charge in [-0.05, 0) is 6.07 Å². The van der Waals surface area contributed by atoms with Crippen molar-refractivity contribution in [2.45, 2.75) is 0 Å². The molecule has 0 fully saturated rings. The molecule has 0 bridgehead atoms. The summed E-state index contributed by atoms with van der Waals surface area (Å²) in [6, 6.07) is 2.90. The van der Waals surface area contributed by atoms with E-state index in [9.17, 15) is 4.39 Å². The summed E-state index contributed by atoms with van der Waals surface area (Å²) in [5, 5.41) is 11.4. The van der Waals surface area contributed by atoms with Crippen molar-refractivity contribution in [3.63, 3.8) is 0 Å². The van der Waals surface area contributed by atoms with E-state index in [4.69, 9.17) is 5.11 Å². The van der Waals surface area contributed by atoms with Gasteiger partial charge in [0.15, 0.2) is 0 Å². The summed E-state index contributed by atoms with van der Waals surface area (Å²) >= 11 is 0. The molecule has 4 nitrogen and oxygen atoms in total. The van der Waals surface area contributed by atoms with Crippen molar-refractivity contribution in [2.75, 3.05) is 18.5 Å². The number of aliphatic hydroxyl groups excluding tert-OH is 1. The lowest BCUT2D eigenvalue weighted by Crippen LogP contribution is -2.07. The standard InChI is InChI=1S/C10H10FN3O/c11-7-5-9-10(13-2-1-12-9)6-8(7)14-3-4-15/h1-2,5-6,14-15H,3-4H2. The normalized spacial score (nSPS) is 10.5. The Morgan fingerprint density at radius 3 is 2.53 bits per heavy atom. The molecule has 5 heteroatoms. The first kappa shape index (κ1) is 9.79. The van der Waals surface area contributed by atoms with E-state index in [2.05, 4.69) is 15.3 Å². The Kier molecular flexibility index (Phi) is 2.73. The average molecular weight is 207 g/mol. The summed E-state index contributed by atoms with van der Waals surface area (Å²) < 4.78 is 13.4. The van der Waals surface area contributed by atoms with Crippen LogP contribution in [0.25, 0.3) is 11.0 Å². The molecule has 78 valence electrons. The lowest BCUT2D eigenvalue weighted by Gasteiger charge is -2.06. The number of halogens is 1. The molecule has 0 amide bonds. The summed E-state index contributed by atoms with van der Waals surface area (Å²) in [5.74, 6) is -0.392. The van der Waals surface area contributed by atoms with Crippen LogP contribution in [-0.2, 0) is 0 Å². The lowest BCUT2D eigenvalue weighted by atomic mass is 10.2. The smallest absolute Gasteiger partial charge is 0.148 e. The summed E-state index contributed by atoms with van der Waals surface area (Å²) in [7, 11) is 0. The Hall–Kier alpha value is -1.75. The summed E-state index contributed by atoms with van der Waals surface area (Å²) in [5.41, 5.74) is 1.47.